The maximum Gasteiger partial charge on any atom is 0.326 e. The van der Waals surface area contributed by atoms with Crippen LogP contribution < -0.4 is 5.32 Å². The molecule has 2 fully saturated rings. The molecular weight excluding hydrogens is 256 g/mol. The zero-order chi connectivity index (χ0) is 14.5. The zero-order valence-corrected chi connectivity index (χ0v) is 11.9. The summed E-state index contributed by atoms with van der Waals surface area (Å²) in [6.07, 6.45) is 8.67. The lowest BCUT2D eigenvalue weighted by Gasteiger charge is -2.44. The Kier molecular flexibility index (Phi) is 5.04. The van der Waals surface area contributed by atoms with Crippen molar-refractivity contribution >= 4 is 12.0 Å². The molecule has 1 aliphatic heterocycles. The highest BCUT2D eigenvalue weighted by molar-refractivity contribution is 5.83. The topological polar surface area (TPSA) is 69.6 Å². The molecule has 1 heterocycles. The Morgan fingerprint density at radius 3 is 2.70 bits per heavy atom. The van der Waals surface area contributed by atoms with E-state index in [9.17, 15) is 9.59 Å². The number of carbonyl (C=O) groups is 2. The van der Waals surface area contributed by atoms with E-state index in [-0.39, 0.29) is 12.5 Å². The summed E-state index contributed by atoms with van der Waals surface area (Å²) < 4.78 is 0. The van der Waals surface area contributed by atoms with Gasteiger partial charge in [0.15, 0.2) is 0 Å². The molecule has 2 aliphatic rings. The number of amides is 2. The fraction of sp³-hybridized carbons (Fsp3) is 0.733. The van der Waals surface area contributed by atoms with Crippen LogP contribution in [0.3, 0.4) is 0 Å². The van der Waals surface area contributed by atoms with Gasteiger partial charge in [-0.3, -0.25) is 0 Å². The molecule has 5 nitrogen and oxygen atoms in total. The van der Waals surface area contributed by atoms with Gasteiger partial charge in [0.05, 0.1) is 0 Å². The highest BCUT2D eigenvalue weighted by atomic mass is 16.4. The van der Waals surface area contributed by atoms with Gasteiger partial charge in [0.25, 0.3) is 0 Å². The number of carboxylic acid groups (broad SMARTS) is 1. The van der Waals surface area contributed by atoms with Gasteiger partial charge in [-0.2, -0.15) is 0 Å². The van der Waals surface area contributed by atoms with Crippen LogP contribution in [0.4, 0.5) is 4.79 Å². The summed E-state index contributed by atoms with van der Waals surface area (Å²) in [6.45, 7) is 4.28. The minimum Gasteiger partial charge on any atom is -0.480 e. The number of piperidine rings is 1. The molecule has 1 aliphatic carbocycles. The maximum absolute atomic E-state index is 12.4. The Labute approximate surface area is 120 Å². The first-order chi connectivity index (χ1) is 9.63. The number of aliphatic carboxylic acids is 1. The summed E-state index contributed by atoms with van der Waals surface area (Å²) in [4.78, 5) is 25.3. The summed E-state index contributed by atoms with van der Waals surface area (Å²) >= 11 is 0. The number of carbonyl (C=O) groups excluding carboxylic acids is 1. The van der Waals surface area contributed by atoms with E-state index < -0.39 is 12.0 Å². The van der Waals surface area contributed by atoms with Gasteiger partial charge in [-0.1, -0.05) is 18.9 Å². The quantitative estimate of drug-likeness (QED) is 0.777. The maximum atomic E-state index is 12.4. The lowest BCUT2D eigenvalue weighted by Crippen LogP contribution is -2.55. The van der Waals surface area contributed by atoms with Crippen molar-refractivity contribution in [3.8, 4) is 0 Å². The standard InChI is InChI=1S/C15H24N2O3/c1-2-6-12(14(18)19)16-15(20)17-10-5-8-11-7-3-4-9-13(11)17/h2,11-13H,1,3-10H2,(H,16,20)(H,18,19)/t11-,12?,13-/m1/s1. The molecule has 0 aromatic carbocycles. The molecule has 1 unspecified atom stereocenters. The minimum atomic E-state index is -1.00. The summed E-state index contributed by atoms with van der Waals surface area (Å²) in [7, 11) is 0. The van der Waals surface area contributed by atoms with E-state index in [1.807, 2.05) is 4.90 Å². The number of hydrogen-bond donors (Lipinski definition) is 2. The summed E-state index contributed by atoms with van der Waals surface area (Å²) in [5.41, 5.74) is 0. The van der Waals surface area contributed by atoms with Crippen LogP contribution >= 0.6 is 0 Å². The average Bonchev–Trinajstić information content (AvgIpc) is 2.46. The van der Waals surface area contributed by atoms with Gasteiger partial charge in [-0.15, -0.1) is 6.58 Å². The third-order valence-corrected chi connectivity index (χ3v) is 4.50. The van der Waals surface area contributed by atoms with E-state index in [0.717, 1.165) is 19.4 Å². The molecule has 112 valence electrons. The van der Waals surface area contributed by atoms with Crippen LogP contribution in [-0.4, -0.2) is 40.6 Å². The predicted molar refractivity (Wildman–Crippen MR) is 76.5 cm³/mol. The Balaban J connectivity index is 1.99. The summed E-state index contributed by atoms with van der Waals surface area (Å²) in [6, 6.07) is -0.796. The molecule has 0 radical (unpaired) electrons. The molecule has 1 saturated carbocycles. The van der Waals surface area contributed by atoms with Crippen molar-refractivity contribution in [3.63, 3.8) is 0 Å². The lowest BCUT2D eigenvalue weighted by molar-refractivity contribution is -0.139. The molecule has 0 spiro atoms. The SMILES string of the molecule is C=CCC(NC(=O)N1CCC[C@H]2CCCC[C@H]21)C(=O)O. The summed E-state index contributed by atoms with van der Waals surface area (Å²) in [5, 5.41) is 11.7. The highest BCUT2D eigenvalue weighted by Gasteiger charge is 2.36. The number of urea groups is 1. The highest BCUT2D eigenvalue weighted by Crippen LogP contribution is 2.35. The van der Waals surface area contributed by atoms with E-state index in [1.165, 1.54) is 31.8 Å². The number of carboxylic acids is 1. The van der Waals surface area contributed by atoms with Gasteiger partial charge in [-0.25, -0.2) is 9.59 Å². The van der Waals surface area contributed by atoms with E-state index >= 15 is 0 Å². The third-order valence-electron chi connectivity index (χ3n) is 4.50. The van der Waals surface area contributed by atoms with Crippen molar-refractivity contribution in [1.82, 2.24) is 10.2 Å². The number of rotatable bonds is 4. The molecule has 5 heteroatoms. The number of likely N-dealkylation sites (tertiary alicyclic amines) is 1. The van der Waals surface area contributed by atoms with Crippen molar-refractivity contribution in [2.75, 3.05) is 6.54 Å². The largest absolute Gasteiger partial charge is 0.480 e. The van der Waals surface area contributed by atoms with Crippen LogP contribution in [0.25, 0.3) is 0 Å². The Morgan fingerprint density at radius 2 is 2.00 bits per heavy atom. The lowest BCUT2D eigenvalue weighted by atomic mass is 9.78. The first kappa shape index (κ1) is 14.9. The molecule has 1 saturated heterocycles. The fourth-order valence-corrected chi connectivity index (χ4v) is 3.50. The molecule has 0 aromatic rings. The molecule has 0 aromatic heterocycles. The molecule has 20 heavy (non-hydrogen) atoms. The van der Waals surface area contributed by atoms with Gasteiger partial charge in [0, 0.05) is 12.6 Å². The first-order valence-electron chi connectivity index (χ1n) is 7.54. The second-order valence-corrected chi connectivity index (χ2v) is 5.81. The first-order valence-corrected chi connectivity index (χ1v) is 7.54. The van der Waals surface area contributed by atoms with E-state index in [2.05, 4.69) is 11.9 Å². The number of hydrogen-bond acceptors (Lipinski definition) is 2. The van der Waals surface area contributed by atoms with Crippen molar-refractivity contribution in [2.45, 2.75) is 57.0 Å². The van der Waals surface area contributed by atoms with Crippen molar-refractivity contribution in [1.29, 1.82) is 0 Å². The van der Waals surface area contributed by atoms with Crippen LogP contribution in [0.15, 0.2) is 12.7 Å². The molecule has 0 bridgehead atoms. The minimum absolute atomic E-state index is 0.226. The Bertz CT molecular complexity index is 381. The van der Waals surface area contributed by atoms with Crippen molar-refractivity contribution < 1.29 is 14.7 Å². The smallest absolute Gasteiger partial charge is 0.326 e. The van der Waals surface area contributed by atoms with Gasteiger partial charge >= 0.3 is 12.0 Å². The van der Waals surface area contributed by atoms with Gasteiger partial charge in [0.2, 0.25) is 0 Å². The monoisotopic (exact) mass is 280 g/mol. The van der Waals surface area contributed by atoms with Crippen LogP contribution in [0.1, 0.15) is 44.9 Å². The molecule has 2 N–H and O–H groups in total. The van der Waals surface area contributed by atoms with Crippen molar-refractivity contribution in [3.05, 3.63) is 12.7 Å². The normalized spacial score (nSPS) is 27.3. The van der Waals surface area contributed by atoms with Crippen LogP contribution in [0.5, 0.6) is 0 Å². The van der Waals surface area contributed by atoms with Crippen LogP contribution in [0.2, 0.25) is 0 Å². The van der Waals surface area contributed by atoms with E-state index in [4.69, 9.17) is 5.11 Å². The number of nitrogens with one attached hydrogen (secondary N) is 1. The molecule has 2 rings (SSSR count). The second kappa shape index (κ2) is 6.77. The zero-order valence-electron chi connectivity index (χ0n) is 11.9. The van der Waals surface area contributed by atoms with E-state index in [0.29, 0.717) is 12.0 Å². The Morgan fingerprint density at radius 1 is 1.30 bits per heavy atom. The third kappa shape index (κ3) is 3.32. The molecule has 3 atom stereocenters. The second-order valence-electron chi connectivity index (χ2n) is 5.81. The number of nitrogens with zero attached hydrogens (tertiary/aromatic N) is 1. The summed E-state index contributed by atoms with van der Waals surface area (Å²) in [5.74, 6) is -0.401. The molecule has 2 amide bonds. The predicted octanol–water partition coefficient (Wildman–Crippen LogP) is 2.38. The Hall–Kier alpha value is -1.52. The van der Waals surface area contributed by atoms with Crippen LogP contribution in [-0.2, 0) is 4.79 Å². The van der Waals surface area contributed by atoms with Gasteiger partial charge in [-0.05, 0) is 38.0 Å². The van der Waals surface area contributed by atoms with Gasteiger partial charge < -0.3 is 15.3 Å². The van der Waals surface area contributed by atoms with Gasteiger partial charge in [0.1, 0.15) is 6.04 Å². The number of fused-ring (bicyclic) bond motifs is 1. The molecular formula is C15H24N2O3. The van der Waals surface area contributed by atoms with Crippen LogP contribution in [0, 0.1) is 5.92 Å². The van der Waals surface area contributed by atoms with E-state index in [1.54, 1.807) is 0 Å². The average molecular weight is 280 g/mol. The van der Waals surface area contributed by atoms with Crippen molar-refractivity contribution in [2.24, 2.45) is 5.92 Å². The fourth-order valence-electron chi connectivity index (χ4n) is 3.50.